The minimum atomic E-state index is 0.552. The molecule has 19 heavy (non-hydrogen) atoms. The summed E-state index contributed by atoms with van der Waals surface area (Å²) in [7, 11) is 4.25. The van der Waals surface area contributed by atoms with Crippen LogP contribution in [0.2, 0.25) is 0 Å². The molecule has 1 atom stereocenters. The molecule has 1 saturated carbocycles. The predicted molar refractivity (Wildman–Crippen MR) is 77.3 cm³/mol. The molecular formula is C14H23N5. The highest BCUT2D eigenvalue weighted by Crippen LogP contribution is 2.39. The highest BCUT2D eigenvalue weighted by molar-refractivity contribution is 5.49. The molecule has 0 spiro atoms. The number of aromatic nitrogens is 2. The van der Waals surface area contributed by atoms with Gasteiger partial charge in [-0.05, 0) is 39.8 Å². The first kappa shape index (κ1) is 12.7. The first-order chi connectivity index (χ1) is 9.13. The van der Waals surface area contributed by atoms with Crippen LogP contribution in [0.1, 0.15) is 37.4 Å². The Hall–Kier alpha value is -1.36. The van der Waals surface area contributed by atoms with Crippen LogP contribution in [0.4, 0.5) is 11.6 Å². The Bertz CT molecular complexity index is 455. The first-order valence-corrected chi connectivity index (χ1v) is 7.19. The molecule has 0 amide bonds. The summed E-state index contributed by atoms with van der Waals surface area (Å²) in [6.45, 7) is 2.15. The molecular weight excluding hydrogens is 238 g/mol. The standard InChI is InChI=1S/C14H23N5/c1-18(2)9-11-4-3-7-19(11)13-8-12(15)16-14(17-13)10-5-6-10/h8,10-11H,3-7,9H2,1-2H3,(H2,15,16,17). The van der Waals surface area contributed by atoms with Gasteiger partial charge < -0.3 is 15.5 Å². The van der Waals surface area contributed by atoms with Crippen LogP contribution < -0.4 is 10.6 Å². The van der Waals surface area contributed by atoms with Crippen molar-refractivity contribution in [2.45, 2.75) is 37.6 Å². The smallest absolute Gasteiger partial charge is 0.136 e. The monoisotopic (exact) mass is 261 g/mol. The van der Waals surface area contributed by atoms with Crippen molar-refractivity contribution in [3.63, 3.8) is 0 Å². The van der Waals surface area contributed by atoms with Gasteiger partial charge in [0, 0.05) is 31.1 Å². The molecule has 1 aliphatic heterocycles. The fourth-order valence-corrected chi connectivity index (χ4v) is 2.89. The van der Waals surface area contributed by atoms with Crippen molar-refractivity contribution in [1.82, 2.24) is 14.9 Å². The van der Waals surface area contributed by atoms with E-state index in [0.29, 0.717) is 17.8 Å². The lowest BCUT2D eigenvalue weighted by molar-refractivity contribution is 0.371. The van der Waals surface area contributed by atoms with E-state index in [1.165, 1.54) is 25.7 Å². The second-order valence-corrected chi connectivity index (χ2v) is 6.04. The van der Waals surface area contributed by atoms with E-state index in [-0.39, 0.29) is 0 Å². The number of nitrogens with two attached hydrogens (primary N) is 1. The van der Waals surface area contributed by atoms with E-state index in [4.69, 9.17) is 10.7 Å². The Morgan fingerprint density at radius 3 is 2.79 bits per heavy atom. The van der Waals surface area contributed by atoms with Gasteiger partial charge in [0.25, 0.3) is 0 Å². The summed E-state index contributed by atoms with van der Waals surface area (Å²) in [6.07, 6.45) is 4.90. The van der Waals surface area contributed by atoms with E-state index >= 15 is 0 Å². The Labute approximate surface area is 114 Å². The van der Waals surface area contributed by atoms with Crippen LogP contribution in [0, 0.1) is 0 Å². The number of nitrogens with zero attached hydrogens (tertiary/aromatic N) is 4. The van der Waals surface area contributed by atoms with E-state index in [9.17, 15) is 0 Å². The summed E-state index contributed by atoms with van der Waals surface area (Å²) in [5, 5.41) is 0. The van der Waals surface area contributed by atoms with Crippen molar-refractivity contribution in [2.75, 3.05) is 37.8 Å². The van der Waals surface area contributed by atoms with Crippen LogP contribution in [-0.4, -0.2) is 48.1 Å². The summed E-state index contributed by atoms with van der Waals surface area (Å²) in [5.74, 6) is 3.14. The molecule has 0 aromatic carbocycles. The highest BCUT2D eigenvalue weighted by atomic mass is 15.3. The third-order valence-corrected chi connectivity index (χ3v) is 3.94. The van der Waals surface area contributed by atoms with Gasteiger partial charge in [0.2, 0.25) is 0 Å². The predicted octanol–water partition coefficient (Wildman–Crippen LogP) is 1.47. The summed E-state index contributed by atoms with van der Waals surface area (Å²) in [5.41, 5.74) is 5.95. The van der Waals surface area contributed by atoms with Crippen LogP contribution in [0.3, 0.4) is 0 Å². The maximum Gasteiger partial charge on any atom is 0.136 e. The fourth-order valence-electron chi connectivity index (χ4n) is 2.89. The van der Waals surface area contributed by atoms with E-state index < -0.39 is 0 Å². The third kappa shape index (κ3) is 2.81. The molecule has 1 aromatic rings. The zero-order valence-corrected chi connectivity index (χ0v) is 11.8. The van der Waals surface area contributed by atoms with Gasteiger partial charge in [-0.25, -0.2) is 9.97 Å². The Morgan fingerprint density at radius 1 is 1.32 bits per heavy atom. The van der Waals surface area contributed by atoms with Gasteiger partial charge in [-0.15, -0.1) is 0 Å². The number of hydrogen-bond acceptors (Lipinski definition) is 5. The summed E-state index contributed by atoms with van der Waals surface area (Å²) >= 11 is 0. The van der Waals surface area contributed by atoms with Crippen molar-refractivity contribution in [3.05, 3.63) is 11.9 Å². The topological polar surface area (TPSA) is 58.3 Å². The van der Waals surface area contributed by atoms with Gasteiger partial charge in [-0.2, -0.15) is 0 Å². The summed E-state index contributed by atoms with van der Waals surface area (Å²) in [6, 6.07) is 2.48. The largest absolute Gasteiger partial charge is 0.384 e. The number of nitrogen functional groups attached to an aromatic ring is 1. The summed E-state index contributed by atoms with van der Waals surface area (Å²) in [4.78, 5) is 13.8. The lowest BCUT2D eigenvalue weighted by atomic mass is 10.2. The molecule has 0 radical (unpaired) electrons. The molecule has 104 valence electrons. The van der Waals surface area contributed by atoms with Crippen LogP contribution in [-0.2, 0) is 0 Å². The Morgan fingerprint density at radius 2 is 2.11 bits per heavy atom. The van der Waals surface area contributed by atoms with Gasteiger partial charge in [0.15, 0.2) is 0 Å². The van der Waals surface area contributed by atoms with E-state index in [1.54, 1.807) is 0 Å². The molecule has 1 aliphatic carbocycles. The van der Waals surface area contributed by atoms with Crippen molar-refractivity contribution >= 4 is 11.6 Å². The van der Waals surface area contributed by atoms with Crippen molar-refractivity contribution in [2.24, 2.45) is 0 Å². The van der Waals surface area contributed by atoms with E-state index in [2.05, 4.69) is 28.9 Å². The van der Waals surface area contributed by atoms with Gasteiger partial charge in [-0.3, -0.25) is 0 Å². The molecule has 2 heterocycles. The average Bonchev–Trinajstić information content (AvgIpc) is 3.09. The van der Waals surface area contributed by atoms with Gasteiger partial charge in [-0.1, -0.05) is 0 Å². The molecule has 2 aliphatic rings. The Balaban J connectivity index is 1.83. The quantitative estimate of drug-likeness (QED) is 0.889. The first-order valence-electron chi connectivity index (χ1n) is 7.19. The molecule has 5 heteroatoms. The number of hydrogen-bond donors (Lipinski definition) is 1. The van der Waals surface area contributed by atoms with Crippen molar-refractivity contribution in [3.8, 4) is 0 Å². The zero-order chi connectivity index (χ0) is 13.4. The highest BCUT2D eigenvalue weighted by Gasteiger charge is 2.30. The second-order valence-electron chi connectivity index (χ2n) is 6.04. The molecule has 5 nitrogen and oxygen atoms in total. The lowest BCUT2D eigenvalue weighted by Crippen LogP contribution is -2.38. The normalized spacial score (nSPS) is 23.3. The van der Waals surface area contributed by atoms with Gasteiger partial charge >= 0.3 is 0 Å². The van der Waals surface area contributed by atoms with Crippen molar-refractivity contribution in [1.29, 1.82) is 0 Å². The number of likely N-dealkylation sites (N-methyl/N-ethyl adjacent to an activating group) is 1. The lowest BCUT2D eigenvalue weighted by Gasteiger charge is -2.28. The minimum absolute atomic E-state index is 0.552. The summed E-state index contributed by atoms with van der Waals surface area (Å²) < 4.78 is 0. The SMILES string of the molecule is CN(C)CC1CCCN1c1cc(N)nc(C2CC2)n1. The van der Waals surface area contributed by atoms with Crippen LogP contribution in [0.5, 0.6) is 0 Å². The van der Waals surface area contributed by atoms with Gasteiger partial charge in [0.1, 0.15) is 17.5 Å². The van der Waals surface area contributed by atoms with E-state index in [1.807, 2.05) is 6.07 Å². The Kier molecular flexibility index (Phi) is 3.31. The maximum atomic E-state index is 5.95. The molecule has 0 bridgehead atoms. The van der Waals surface area contributed by atoms with Gasteiger partial charge in [0.05, 0.1) is 0 Å². The third-order valence-electron chi connectivity index (χ3n) is 3.94. The van der Waals surface area contributed by atoms with E-state index in [0.717, 1.165) is 24.7 Å². The molecule has 1 aromatic heterocycles. The maximum absolute atomic E-state index is 5.95. The molecule has 2 fully saturated rings. The number of anilines is 2. The number of rotatable bonds is 4. The molecule has 1 unspecified atom stereocenters. The van der Waals surface area contributed by atoms with Crippen LogP contribution in [0.15, 0.2) is 6.07 Å². The van der Waals surface area contributed by atoms with Crippen molar-refractivity contribution < 1.29 is 0 Å². The second kappa shape index (κ2) is 4.96. The van der Waals surface area contributed by atoms with Crippen LogP contribution in [0.25, 0.3) is 0 Å². The zero-order valence-electron chi connectivity index (χ0n) is 11.8. The molecule has 3 rings (SSSR count). The molecule has 1 saturated heterocycles. The average molecular weight is 261 g/mol. The van der Waals surface area contributed by atoms with Crippen LogP contribution >= 0.6 is 0 Å². The minimum Gasteiger partial charge on any atom is -0.384 e. The molecule has 2 N–H and O–H groups in total. The fraction of sp³-hybridized carbons (Fsp3) is 0.714.